The van der Waals surface area contributed by atoms with Gasteiger partial charge in [0, 0.05) is 4.92 Å². The molecule has 0 saturated carbocycles. The van der Waals surface area contributed by atoms with E-state index in [9.17, 15) is 10.1 Å². The predicted molar refractivity (Wildman–Crippen MR) is 78.0 cm³/mol. The molecule has 0 aromatic carbocycles. The molecule has 0 fully saturated rings. The van der Waals surface area contributed by atoms with Gasteiger partial charge >= 0.3 is 0 Å². The molecule has 0 rings (SSSR count). The summed E-state index contributed by atoms with van der Waals surface area (Å²) in [5.74, 6) is 0. The van der Waals surface area contributed by atoms with Crippen molar-refractivity contribution in [1.82, 2.24) is 0 Å². The van der Waals surface area contributed by atoms with Crippen LogP contribution in [0.3, 0.4) is 0 Å². The minimum Gasteiger partial charge on any atom is -0.377 e. The monoisotopic (exact) mass is 291 g/mol. The van der Waals surface area contributed by atoms with Crippen LogP contribution in [0.25, 0.3) is 0 Å². The lowest BCUT2D eigenvalue weighted by Crippen LogP contribution is -2.22. The normalized spacial score (nSPS) is 15.4. The average molecular weight is 291 g/mol. The zero-order valence-corrected chi connectivity index (χ0v) is 11.4. The molecule has 0 aliphatic rings. The van der Waals surface area contributed by atoms with Gasteiger partial charge < -0.3 is 11.5 Å². The van der Waals surface area contributed by atoms with Gasteiger partial charge in [-0.1, -0.05) is 23.5 Å². The Hall–Kier alpha value is -1.62. The summed E-state index contributed by atoms with van der Waals surface area (Å²) in [5.41, 5.74) is 10.7. The van der Waals surface area contributed by atoms with E-state index in [0.29, 0.717) is 0 Å². The summed E-state index contributed by atoms with van der Waals surface area (Å²) in [4.78, 5) is 10.0. The lowest BCUT2D eigenvalue weighted by atomic mass is 10.4. The Morgan fingerprint density at radius 3 is 1.83 bits per heavy atom. The fourth-order valence-corrected chi connectivity index (χ4v) is 0.804. The van der Waals surface area contributed by atoms with Gasteiger partial charge in [-0.3, -0.25) is 10.1 Å². The van der Waals surface area contributed by atoms with Crippen LogP contribution in [0.2, 0.25) is 0 Å². The van der Waals surface area contributed by atoms with Crippen LogP contribution in [-0.2, 0) is 0 Å². The number of hydrogen-bond donors (Lipinski definition) is 2. The van der Waals surface area contributed by atoms with Crippen molar-refractivity contribution in [3.8, 4) is 0 Å². The van der Waals surface area contributed by atoms with E-state index >= 15 is 0 Å². The summed E-state index contributed by atoms with van der Waals surface area (Å²) >= 11 is 2.36. The topological polar surface area (TPSA) is 145 Å². The summed E-state index contributed by atoms with van der Waals surface area (Å²) < 4.78 is 0. The molecule has 0 bridgehead atoms. The Balaban J connectivity index is 4.65. The van der Waals surface area contributed by atoms with E-state index < -0.39 is 11.0 Å². The molecular weight excluding hydrogens is 278 g/mol. The Labute approximate surface area is 112 Å². The molecular formula is C7H13N7O2S2. The lowest BCUT2D eigenvalue weighted by Gasteiger charge is -1.95. The summed E-state index contributed by atoms with van der Waals surface area (Å²) in [7, 11) is 0. The standard InChI is InChI=1S/C7H13N7O2S2/c1-17-6(8)12-10-3-5(14(15)16)4-11-13-7(9)18-2/h3-5H,1-2H3,(H2,8,12)(H2,9,13)/b10-3+,11-4+. The second-order valence-electron chi connectivity index (χ2n) is 2.59. The van der Waals surface area contributed by atoms with Crippen molar-refractivity contribution in [3.63, 3.8) is 0 Å². The average Bonchev–Trinajstić information content (AvgIpc) is 2.35. The number of thioether (sulfide) groups is 2. The van der Waals surface area contributed by atoms with Crippen molar-refractivity contribution >= 4 is 46.3 Å². The van der Waals surface area contributed by atoms with Crippen molar-refractivity contribution in [2.45, 2.75) is 6.04 Å². The Kier molecular flexibility index (Phi) is 8.57. The van der Waals surface area contributed by atoms with Gasteiger partial charge in [0.25, 0.3) is 6.04 Å². The maximum absolute atomic E-state index is 10.6. The molecule has 4 N–H and O–H groups in total. The highest BCUT2D eigenvalue weighted by Crippen LogP contribution is 1.93. The minimum absolute atomic E-state index is 0.204. The van der Waals surface area contributed by atoms with Crippen molar-refractivity contribution in [2.75, 3.05) is 12.5 Å². The smallest absolute Gasteiger partial charge is 0.286 e. The van der Waals surface area contributed by atoms with Crippen LogP contribution >= 0.6 is 23.5 Å². The van der Waals surface area contributed by atoms with E-state index in [1.807, 2.05) is 0 Å². The van der Waals surface area contributed by atoms with Crippen molar-refractivity contribution in [3.05, 3.63) is 10.1 Å². The molecule has 0 saturated heterocycles. The van der Waals surface area contributed by atoms with E-state index in [0.717, 1.165) is 12.4 Å². The molecule has 0 amide bonds. The summed E-state index contributed by atoms with van der Waals surface area (Å²) in [6, 6.07) is -1.23. The Bertz CT molecular complexity index is 363. The maximum atomic E-state index is 10.6. The third kappa shape index (κ3) is 7.62. The summed E-state index contributed by atoms with van der Waals surface area (Å²) in [6.07, 6.45) is 5.41. The first-order valence-electron chi connectivity index (χ1n) is 4.46. The van der Waals surface area contributed by atoms with E-state index in [4.69, 9.17) is 11.5 Å². The highest BCUT2D eigenvalue weighted by Gasteiger charge is 2.13. The van der Waals surface area contributed by atoms with E-state index in [-0.39, 0.29) is 10.3 Å². The number of nitro groups is 1. The fraction of sp³-hybridized carbons (Fsp3) is 0.429. The molecule has 0 aromatic heterocycles. The van der Waals surface area contributed by atoms with Gasteiger partial charge in [-0.25, -0.2) is 0 Å². The first-order chi connectivity index (χ1) is 8.51. The molecule has 18 heavy (non-hydrogen) atoms. The van der Waals surface area contributed by atoms with Crippen LogP contribution in [0.4, 0.5) is 0 Å². The van der Waals surface area contributed by atoms with Gasteiger partial charge in [-0.05, 0) is 12.5 Å². The van der Waals surface area contributed by atoms with Gasteiger partial charge in [-0.15, -0.1) is 10.2 Å². The molecule has 0 spiro atoms. The van der Waals surface area contributed by atoms with Gasteiger partial charge in [0.05, 0.1) is 0 Å². The predicted octanol–water partition coefficient (Wildman–Crippen LogP) is -0.0413. The van der Waals surface area contributed by atoms with Crippen LogP contribution in [-0.4, -0.2) is 46.2 Å². The van der Waals surface area contributed by atoms with Gasteiger partial charge in [0.15, 0.2) is 10.3 Å². The van der Waals surface area contributed by atoms with E-state index in [1.165, 1.54) is 23.5 Å². The zero-order valence-electron chi connectivity index (χ0n) is 9.76. The first-order valence-corrected chi connectivity index (χ1v) is 6.91. The van der Waals surface area contributed by atoms with Crippen molar-refractivity contribution in [2.24, 2.45) is 31.9 Å². The molecule has 100 valence electrons. The minimum atomic E-state index is -1.23. The van der Waals surface area contributed by atoms with Crippen LogP contribution < -0.4 is 11.5 Å². The SMILES string of the molecule is CS/C(N)=N/N=C/C(/C=N/N=C(\N)SC)[N+](=O)[O-]. The highest BCUT2D eigenvalue weighted by molar-refractivity contribution is 8.13. The van der Waals surface area contributed by atoms with Gasteiger partial charge in [-0.2, -0.15) is 10.2 Å². The second kappa shape index (κ2) is 9.41. The van der Waals surface area contributed by atoms with Gasteiger partial charge in [0.1, 0.15) is 12.4 Å². The summed E-state index contributed by atoms with van der Waals surface area (Å²) in [5, 5.41) is 25.1. The molecule has 0 unspecified atom stereocenters. The second-order valence-corrected chi connectivity index (χ2v) is 4.24. The Morgan fingerprint density at radius 1 is 1.17 bits per heavy atom. The highest BCUT2D eigenvalue weighted by atomic mass is 32.2. The van der Waals surface area contributed by atoms with Crippen molar-refractivity contribution in [1.29, 1.82) is 0 Å². The van der Waals surface area contributed by atoms with Crippen LogP contribution in [0, 0.1) is 10.1 Å². The number of hydrogen-bond acceptors (Lipinski definition) is 8. The van der Waals surface area contributed by atoms with E-state index in [2.05, 4.69) is 20.4 Å². The quantitative estimate of drug-likeness (QED) is 0.314. The Morgan fingerprint density at radius 2 is 1.56 bits per heavy atom. The molecule has 11 heteroatoms. The molecule has 9 nitrogen and oxygen atoms in total. The molecule has 0 aliphatic heterocycles. The maximum Gasteiger partial charge on any atom is 0.286 e. The van der Waals surface area contributed by atoms with E-state index in [1.54, 1.807) is 12.5 Å². The summed E-state index contributed by atoms with van der Waals surface area (Å²) in [6.45, 7) is 0. The third-order valence-electron chi connectivity index (χ3n) is 1.41. The van der Waals surface area contributed by atoms with Crippen LogP contribution in [0.15, 0.2) is 20.4 Å². The molecule has 0 atom stereocenters. The van der Waals surface area contributed by atoms with Gasteiger partial charge in [0.2, 0.25) is 0 Å². The molecule has 0 aliphatic carbocycles. The zero-order chi connectivity index (χ0) is 14.0. The molecule has 0 heterocycles. The molecule has 0 aromatic rings. The number of rotatable bonds is 5. The largest absolute Gasteiger partial charge is 0.377 e. The van der Waals surface area contributed by atoms with Crippen LogP contribution in [0.1, 0.15) is 0 Å². The molecule has 0 radical (unpaired) electrons. The first kappa shape index (κ1) is 16.4. The van der Waals surface area contributed by atoms with Crippen molar-refractivity contribution < 1.29 is 4.92 Å². The number of amidine groups is 2. The lowest BCUT2D eigenvalue weighted by molar-refractivity contribution is -0.482. The number of nitrogens with two attached hydrogens (primary N) is 2. The third-order valence-corrected chi connectivity index (χ3v) is 2.41. The number of nitrogens with zero attached hydrogens (tertiary/aromatic N) is 5. The van der Waals surface area contributed by atoms with Crippen LogP contribution in [0.5, 0.6) is 0 Å². The fourth-order valence-electron chi connectivity index (χ4n) is 0.546.